The third kappa shape index (κ3) is 2.82. The summed E-state index contributed by atoms with van der Waals surface area (Å²) >= 11 is 0. The second-order valence-electron chi connectivity index (χ2n) is 0.960. The van der Waals surface area contributed by atoms with E-state index >= 15 is 0 Å². The van der Waals surface area contributed by atoms with Gasteiger partial charge in [0.2, 0.25) is 5.91 Å². The van der Waals surface area contributed by atoms with Crippen LogP contribution < -0.4 is 0 Å². The van der Waals surface area contributed by atoms with Crippen molar-refractivity contribution in [2.24, 2.45) is 4.99 Å². The average molecular weight is 98.1 g/mol. The number of amides is 1. The monoisotopic (exact) mass is 98.0 g/mol. The Kier molecular flexibility index (Phi) is 2.76. The topological polar surface area (TPSA) is 53.3 Å². The molecular weight excluding hydrogens is 92.1 g/mol. The van der Waals surface area contributed by atoms with Crippen LogP contribution in [0.25, 0.3) is 0 Å². The van der Waals surface area contributed by atoms with E-state index in [0.717, 1.165) is 6.21 Å². The number of nitrogens with one attached hydrogen (secondary N) is 1. The van der Waals surface area contributed by atoms with Crippen LogP contribution in [-0.2, 0) is 4.79 Å². The highest BCUT2D eigenvalue weighted by atomic mass is 16.1. The van der Waals surface area contributed by atoms with Gasteiger partial charge in [-0.3, -0.25) is 4.79 Å². The third-order valence-electron chi connectivity index (χ3n) is 0.453. The van der Waals surface area contributed by atoms with E-state index in [2.05, 4.69) is 11.7 Å². The van der Waals surface area contributed by atoms with E-state index in [-0.39, 0.29) is 12.3 Å². The van der Waals surface area contributed by atoms with Crippen molar-refractivity contribution in [1.29, 1.82) is 5.41 Å². The van der Waals surface area contributed by atoms with Crippen LogP contribution in [0.1, 0.15) is 6.42 Å². The SMILES string of the molecule is C=NC(=O)CC=N. The number of carbonyl (C=O) groups is 1. The predicted molar refractivity (Wildman–Crippen MR) is 28.0 cm³/mol. The summed E-state index contributed by atoms with van der Waals surface area (Å²) in [6, 6.07) is 0. The molecule has 0 aromatic heterocycles. The predicted octanol–water partition coefficient (Wildman–Crippen LogP) is 0.253. The summed E-state index contributed by atoms with van der Waals surface area (Å²) < 4.78 is 0. The molecule has 3 heteroatoms. The lowest BCUT2D eigenvalue weighted by Gasteiger charge is -1.77. The second-order valence-corrected chi connectivity index (χ2v) is 0.960. The smallest absolute Gasteiger partial charge is 0.250 e. The van der Waals surface area contributed by atoms with E-state index in [1.807, 2.05) is 0 Å². The summed E-state index contributed by atoms with van der Waals surface area (Å²) in [5.74, 6) is -0.352. The van der Waals surface area contributed by atoms with E-state index in [0.29, 0.717) is 0 Å². The molecule has 0 aromatic rings. The number of aliphatic imine (C=N–C) groups is 1. The lowest BCUT2D eigenvalue weighted by molar-refractivity contribution is -0.116. The van der Waals surface area contributed by atoms with Gasteiger partial charge in [-0.15, -0.1) is 0 Å². The van der Waals surface area contributed by atoms with Gasteiger partial charge in [-0.2, -0.15) is 0 Å². The van der Waals surface area contributed by atoms with Crippen molar-refractivity contribution in [2.75, 3.05) is 0 Å². The van der Waals surface area contributed by atoms with Gasteiger partial charge >= 0.3 is 0 Å². The van der Waals surface area contributed by atoms with E-state index in [1.54, 1.807) is 0 Å². The Morgan fingerprint density at radius 1 is 2.00 bits per heavy atom. The molecule has 0 saturated carbocycles. The summed E-state index contributed by atoms with van der Waals surface area (Å²) in [5, 5.41) is 6.40. The fourth-order valence-corrected chi connectivity index (χ4v) is 0.152. The van der Waals surface area contributed by atoms with Gasteiger partial charge in [0.15, 0.2) is 0 Å². The number of nitrogens with zero attached hydrogens (tertiary/aromatic N) is 1. The summed E-state index contributed by atoms with van der Waals surface area (Å²) in [7, 11) is 0. The summed E-state index contributed by atoms with van der Waals surface area (Å²) in [6.45, 7) is 2.98. The molecule has 0 heterocycles. The van der Waals surface area contributed by atoms with Crippen molar-refractivity contribution >= 4 is 18.8 Å². The second kappa shape index (κ2) is 3.21. The van der Waals surface area contributed by atoms with E-state index < -0.39 is 0 Å². The lowest BCUT2D eigenvalue weighted by atomic mass is 10.4. The van der Waals surface area contributed by atoms with Crippen LogP contribution >= 0.6 is 0 Å². The maximum absolute atomic E-state index is 10.0. The first-order valence-corrected chi connectivity index (χ1v) is 1.79. The highest BCUT2D eigenvalue weighted by Gasteiger charge is 1.87. The van der Waals surface area contributed by atoms with E-state index in [1.165, 1.54) is 0 Å². The van der Waals surface area contributed by atoms with Gasteiger partial charge in [-0.25, -0.2) is 4.99 Å². The highest BCUT2D eigenvalue weighted by Crippen LogP contribution is 1.74. The normalized spacial score (nSPS) is 7.43. The molecule has 38 valence electrons. The van der Waals surface area contributed by atoms with Crippen LogP contribution in [0.5, 0.6) is 0 Å². The highest BCUT2D eigenvalue weighted by molar-refractivity contribution is 5.91. The molecule has 0 radical (unpaired) electrons. The molecule has 0 fully saturated rings. The van der Waals surface area contributed by atoms with Crippen LogP contribution in [-0.4, -0.2) is 18.8 Å². The Morgan fingerprint density at radius 3 is 2.71 bits per heavy atom. The molecule has 0 aliphatic rings. The third-order valence-corrected chi connectivity index (χ3v) is 0.453. The maximum Gasteiger partial charge on any atom is 0.250 e. The van der Waals surface area contributed by atoms with Crippen LogP contribution in [0, 0.1) is 5.41 Å². The van der Waals surface area contributed by atoms with E-state index in [9.17, 15) is 4.79 Å². The fourth-order valence-electron chi connectivity index (χ4n) is 0.152. The molecule has 0 aliphatic heterocycles. The van der Waals surface area contributed by atoms with Gasteiger partial charge in [0, 0.05) is 6.21 Å². The van der Waals surface area contributed by atoms with Gasteiger partial charge in [0.25, 0.3) is 0 Å². The Labute approximate surface area is 41.6 Å². The van der Waals surface area contributed by atoms with E-state index in [4.69, 9.17) is 5.41 Å². The molecular formula is C4H6N2O. The molecule has 0 aliphatic carbocycles. The van der Waals surface area contributed by atoms with Crippen LogP contribution in [0.4, 0.5) is 0 Å². The molecule has 0 unspecified atom stereocenters. The fraction of sp³-hybridized carbons (Fsp3) is 0.250. The molecule has 0 bridgehead atoms. The first kappa shape index (κ1) is 6.01. The molecule has 0 atom stereocenters. The number of rotatable bonds is 2. The first-order valence-electron chi connectivity index (χ1n) is 1.79. The summed E-state index contributed by atoms with van der Waals surface area (Å²) in [5.41, 5.74) is 0. The molecule has 7 heavy (non-hydrogen) atoms. The molecule has 0 saturated heterocycles. The van der Waals surface area contributed by atoms with Crippen LogP contribution in [0.2, 0.25) is 0 Å². The van der Waals surface area contributed by atoms with Gasteiger partial charge in [-0.1, -0.05) is 0 Å². The Hall–Kier alpha value is -0.990. The minimum absolute atomic E-state index is 0.0729. The van der Waals surface area contributed by atoms with Crippen molar-refractivity contribution in [3.05, 3.63) is 0 Å². The molecule has 0 rings (SSSR count). The Bertz CT molecular complexity index is 97.9. The summed E-state index contributed by atoms with van der Waals surface area (Å²) in [6.07, 6.45) is 1.07. The van der Waals surface area contributed by atoms with Crippen molar-refractivity contribution in [2.45, 2.75) is 6.42 Å². The zero-order valence-electron chi connectivity index (χ0n) is 3.85. The van der Waals surface area contributed by atoms with Gasteiger partial charge in [0.05, 0.1) is 6.42 Å². The number of carbonyl (C=O) groups excluding carboxylic acids is 1. The molecule has 1 amide bonds. The first-order chi connectivity index (χ1) is 3.31. The number of hydrogen-bond donors (Lipinski definition) is 1. The Balaban J connectivity index is 3.36. The standard InChI is InChI=1S/C4H6N2O/c1-6-4(7)2-3-5/h3,5H,1-2H2. The average Bonchev–Trinajstić information content (AvgIpc) is 1.68. The molecule has 0 spiro atoms. The zero-order chi connectivity index (χ0) is 5.70. The summed E-state index contributed by atoms with van der Waals surface area (Å²) in [4.78, 5) is 13.1. The van der Waals surface area contributed by atoms with Crippen LogP contribution in [0.15, 0.2) is 4.99 Å². The molecule has 1 N–H and O–H groups in total. The minimum Gasteiger partial charge on any atom is -0.313 e. The molecule has 0 aromatic carbocycles. The van der Waals surface area contributed by atoms with Crippen molar-refractivity contribution < 1.29 is 4.79 Å². The quantitative estimate of drug-likeness (QED) is 0.494. The van der Waals surface area contributed by atoms with Crippen molar-refractivity contribution in [3.8, 4) is 0 Å². The number of hydrogen-bond acceptors (Lipinski definition) is 2. The van der Waals surface area contributed by atoms with Gasteiger partial charge in [-0.05, 0) is 6.72 Å². The zero-order valence-corrected chi connectivity index (χ0v) is 3.85. The largest absolute Gasteiger partial charge is 0.313 e. The lowest BCUT2D eigenvalue weighted by Crippen LogP contribution is -1.89. The van der Waals surface area contributed by atoms with Crippen LogP contribution in [0.3, 0.4) is 0 Å². The molecule has 3 nitrogen and oxygen atoms in total. The Morgan fingerprint density at radius 2 is 2.57 bits per heavy atom. The van der Waals surface area contributed by atoms with Crippen molar-refractivity contribution in [3.63, 3.8) is 0 Å². The van der Waals surface area contributed by atoms with Crippen molar-refractivity contribution in [1.82, 2.24) is 0 Å². The maximum atomic E-state index is 10.0. The minimum atomic E-state index is -0.352. The van der Waals surface area contributed by atoms with Gasteiger partial charge in [0.1, 0.15) is 0 Å². The van der Waals surface area contributed by atoms with Gasteiger partial charge < -0.3 is 5.41 Å².